The van der Waals surface area contributed by atoms with E-state index in [9.17, 15) is 22.4 Å². The van der Waals surface area contributed by atoms with Gasteiger partial charge in [0.25, 0.3) is 12.3 Å². The van der Waals surface area contributed by atoms with Crippen LogP contribution in [0.15, 0.2) is 12.1 Å². The maximum atomic E-state index is 13.7. The van der Waals surface area contributed by atoms with Gasteiger partial charge in [0.15, 0.2) is 0 Å². The number of nitrogens with zero attached hydrogens (tertiary/aromatic N) is 1. The highest BCUT2D eigenvalue weighted by Crippen LogP contribution is 2.21. The van der Waals surface area contributed by atoms with Gasteiger partial charge in [0.2, 0.25) is 0 Å². The fraction of sp³-hybridized carbons (Fsp3) is 0.462. The molecule has 0 radical (unpaired) electrons. The molecule has 0 aliphatic rings. The highest BCUT2D eigenvalue weighted by Gasteiger charge is 2.19. The third-order valence-corrected chi connectivity index (χ3v) is 2.60. The molecule has 1 aromatic carbocycles. The molecule has 3 nitrogen and oxygen atoms in total. The summed E-state index contributed by atoms with van der Waals surface area (Å²) >= 11 is 0. The summed E-state index contributed by atoms with van der Waals surface area (Å²) in [6.45, 7) is 1.42. The van der Waals surface area contributed by atoms with Crippen LogP contribution in [0.3, 0.4) is 0 Å². The van der Waals surface area contributed by atoms with Gasteiger partial charge in [0.05, 0.1) is 6.54 Å². The van der Waals surface area contributed by atoms with Crippen LogP contribution >= 0.6 is 0 Å². The quantitative estimate of drug-likeness (QED) is 0.817. The number of benzene rings is 1. The first kappa shape index (κ1) is 16.3. The summed E-state index contributed by atoms with van der Waals surface area (Å²) in [5.74, 6) is -2.70. The van der Waals surface area contributed by atoms with Crippen LogP contribution in [-0.4, -0.2) is 37.4 Å². The molecule has 0 aromatic heterocycles. The molecule has 1 N–H and O–H groups in total. The van der Waals surface area contributed by atoms with E-state index in [1.807, 2.05) is 6.92 Å². The Morgan fingerprint density at radius 3 is 2.30 bits per heavy atom. The number of carbonyl (C=O) groups is 1. The lowest BCUT2D eigenvalue weighted by Crippen LogP contribution is -2.31. The number of hydrogen-bond acceptors (Lipinski definition) is 2. The van der Waals surface area contributed by atoms with Crippen molar-refractivity contribution in [2.75, 3.05) is 25.5 Å². The Labute approximate surface area is 114 Å². The van der Waals surface area contributed by atoms with Crippen molar-refractivity contribution in [1.82, 2.24) is 4.90 Å². The smallest absolute Gasteiger partial charge is 0.255 e. The molecule has 1 amide bonds. The van der Waals surface area contributed by atoms with Crippen molar-refractivity contribution in [3.8, 4) is 0 Å². The monoisotopic (exact) mass is 292 g/mol. The number of alkyl halides is 2. The molecule has 0 atom stereocenters. The Morgan fingerprint density at radius 2 is 1.85 bits per heavy atom. The summed E-state index contributed by atoms with van der Waals surface area (Å²) in [4.78, 5) is 12.5. The van der Waals surface area contributed by atoms with Crippen molar-refractivity contribution in [3.63, 3.8) is 0 Å². The van der Waals surface area contributed by atoms with Gasteiger partial charge in [-0.05, 0) is 18.6 Å². The zero-order valence-electron chi connectivity index (χ0n) is 11.2. The first-order valence-corrected chi connectivity index (χ1v) is 6.13. The zero-order valence-corrected chi connectivity index (χ0v) is 11.2. The van der Waals surface area contributed by atoms with Gasteiger partial charge in [-0.25, -0.2) is 17.6 Å². The number of amides is 1. The predicted octanol–water partition coefficient (Wildman–Crippen LogP) is 3.12. The molecule has 20 heavy (non-hydrogen) atoms. The number of anilines is 1. The fourth-order valence-corrected chi connectivity index (χ4v) is 1.63. The van der Waals surface area contributed by atoms with Crippen LogP contribution in [0.4, 0.5) is 23.2 Å². The van der Waals surface area contributed by atoms with Crippen LogP contribution < -0.4 is 5.32 Å². The highest BCUT2D eigenvalue weighted by atomic mass is 19.3. The molecular formula is C13H16F4N2O. The number of carbonyl (C=O) groups excluding carboxylic acids is 1. The van der Waals surface area contributed by atoms with Crippen molar-refractivity contribution < 1.29 is 22.4 Å². The number of hydrogen-bond donors (Lipinski definition) is 1. The Balaban J connectivity index is 2.95. The predicted molar refractivity (Wildman–Crippen MR) is 68.1 cm³/mol. The van der Waals surface area contributed by atoms with Crippen LogP contribution in [0.2, 0.25) is 0 Å². The minimum Gasteiger partial charge on any atom is -0.380 e. The van der Waals surface area contributed by atoms with E-state index < -0.39 is 30.5 Å². The average Bonchev–Trinajstić information content (AvgIpc) is 2.35. The van der Waals surface area contributed by atoms with Gasteiger partial charge in [0, 0.05) is 19.2 Å². The van der Waals surface area contributed by atoms with Gasteiger partial charge < -0.3 is 10.2 Å². The van der Waals surface area contributed by atoms with Crippen molar-refractivity contribution in [3.05, 3.63) is 29.3 Å². The van der Waals surface area contributed by atoms with Crippen LogP contribution in [0.1, 0.15) is 23.7 Å². The molecule has 0 unspecified atom stereocenters. The summed E-state index contributed by atoms with van der Waals surface area (Å²) in [7, 11) is 1.15. The van der Waals surface area contributed by atoms with Crippen LogP contribution in [0.25, 0.3) is 0 Å². The third-order valence-electron chi connectivity index (χ3n) is 2.60. The number of nitrogens with one attached hydrogen (secondary N) is 1. The second kappa shape index (κ2) is 7.12. The summed E-state index contributed by atoms with van der Waals surface area (Å²) in [6.07, 6.45) is -2.03. The van der Waals surface area contributed by atoms with Gasteiger partial charge in [-0.3, -0.25) is 4.79 Å². The highest BCUT2D eigenvalue weighted by molar-refractivity contribution is 5.94. The van der Waals surface area contributed by atoms with E-state index in [4.69, 9.17) is 0 Å². The van der Waals surface area contributed by atoms with Gasteiger partial charge in [0.1, 0.15) is 17.3 Å². The summed E-state index contributed by atoms with van der Waals surface area (Å²) < 4.78 is 51.7. The summed E-state index contributed by atoms with van der Waals surface area (Å²) in [5.41, 5.74) is -0.620. The van der Waals surface area contributed by atoms with Crippen molar-refractivity contribution in [2.45, 2.75) is 19.8 Å². The van der Waals surface area contributed by atoms with E-state index >= 15 is 0 Å². The van der Waals surface area contributed by atoms with E-state index in [2.05, 4.69) is 5.32 Å². The lowest BCUT2D eigenvalue weighted by atomic mass is 10.1. The van der Waals surface area contributed by atoms with Crippen LogP contribution in [-0.2, 0) is 0 Å². The summed E-state index contributed by atoms with van der Waals surface area (Å²) in [5, 5.41) is 2.56. The first-order chi connectivity index (χ1) is 9.36. The molecule has 0 fully saturated rings. The molecule has 0 spiro atoms. The number of rotatable bonds is 6. The van der Waals surface area contributed by atoms with E-state index in [1.54, 1.807) is 0 Å². The lowest BCUT2D eigenvalue weighted by molar-refractivity contribution is 0.0619. The standard InChI is InChI=1S/C13H16F4N2O/c1-3-4-18-12-9(14)5-8(6-10(12)15)13(20)19(2)7-11(16)17/h5-6,11,18H,3-4,7H2,1-2H3. The Hall–Kier alpha value is -1.79. The molecular weight excluding hydrogens is 276 g/mol. The lowest BCUT2D eigenvalue weighted by Gasteiger charge is -2.17. The van der Waals surface area contributed by atoms with Crippen molar-refractivity contribution >= 4 is 11.6 Å². The van der Waals surface area contributed by atoms with Gasteiger partial charge >= 0.3 is 0 Å². The van der Waals surface area contributed by atoms with Crippen molar-refractivity contribution in [1.29, 1.82) is 0 Å². The maximum absolute atomic E-state index is 13.7. The topological polar surface area (TPSA) is 32.3 Å². The van der Waals surface area contributed by atoms with E-state index in [1.165, 1.54) is 0 Å². The minimum atomic E-state index is -2.70. The summed E-state index contributed by atoms with van der Waals surface area (Å²) in [6, 6.07) is 1.68. The molecule has 1 rings (SSSR count). The van der Waals surface area contributed by atoms with E-state index in [0.29, 0.717) is 13.0 Å². The van der Waals surface area contributed by atoms with Crippen molar-refractivity contribution in [2.24, 2.45) is 0 Å². The Morgan fingerprint density at radius 1 is 1.30 bits per heavy atom. The average molecular weight is 292 g/mol. The normalized spacial score (nSPS) is 10.8. The fourth-order valence-electron chi connectivity index (χ4n) is 1.63. The van der Waals surface area contributed by atoms with Crippen LogP contribution in [0.5, 0.6) is 0 Å². The Kier molecular flexibility index (Phi) is 5.79. The molecule has 7 heteroatoms. The molecule has 112 valence electrons. The second-order valence-electron chi connectivity index (χ2n) is 4.32. The molecule has 1 aromatic rings. The molecule has 0 bridgehead atoms. The van der Waals surface area contributed by atoms with E-state index in [0.717, 1.165) is 24.1 Å². The molecule has 0 saturated carbocycles. The minimum absolute atomic E-state index is 0.301. The number of halogens is 4. The molecule has 0 aliphatic heterocycles. The zero-order chi connectivity index (χ0) is 15.3. The second-order valence-corrected chi connectivity index (χ2v) is 4.32. The third kappa shape index (κ3) is 4.11. The van der Waals surface area contributed by atoms with Crippen LogP contribution in [0, 0.1) is 11.6 Å². The largest absolute Gasteiger partial charge is 0.380 e. The molecule has 0 saturated heterocycles. The van der Waals surface area contributed by atoms with E-state index in [-0.39, 0.29) is 11.3 Å². The maximum Gasteiger partial charge on any atom is 0.255 e. The molecule has 0 heterocycles. The van der Waals surface area contributed by atoms with Gasteiger partial charge in [-0.2, -0.15) is 0 Å². The SMILES string of the molecule is CCCNc1c(F)cc(C(=O)N(C)CC(F)F)cc1F. The molecule has 0 aliphatic carbocycles. The van der Waals surface area contributed by atoms with Gasteiger partial charge in [-0.1, -0.05) is 6.92 Å². The Bertz CT molecular complexity index is 456. The van der Waals surface area contributed by atoms with Gasteiger partial charge in [-0.15, -0.1) is 0 Å². The first-order valence-electron chi connectivity index (χ1n) is 6.13.